The molecule has 0 heterocycles. The van der Waals surface area contributed by atoms with Gasteiger partial charge < -0.3 is 10.4 Å². The van der Waals surface area contributed by atoms with E-state index < -0.39 is 11.6 Å². The number of nitrogens with zero attached hydrogens (tertiary/aromatic N) is 1. The van der Waals surface area contributed by atoms with Gasteiger partial charge in [0.1, 0.15) is 0 Å². The molecular formula is C24H26N2O3. The van der Waals surface area contributed by atoms with Crippen molar-refractivity contribution in [3.05, 3.63) is 83.4 Å². The Morgan fingerprint density at radius 2 is 1.52 bits per heavy atom. The summed E-state index contributed by atoms with van der Waals surface area (Å²) >= 11 is 0. The highest BCUT2D eigenvalue weighted by Crippen LogP contribution is 2.19. The maximum atomic E-state index is 12.6. The number of benzene rings is 3. The number of carbonyl (C=O) groups excluding carboxylic acids is 1. The maximum Gasteiger partial charge on any atom is 0.408 e. The van der Waals surface area contributed by atoms with Gasteiger partial charge in [0.05, 0.1) is 0 Å². The van der Waals surface area contributed by atoms with Gasteiger partial charge >= 0.3 is 6.09 Å². The summed E-state index contributed by atoms with van der Waals surface area (Å²) in [6, 6.07) is 21.2. The van der Waals surface area contributed by atoms with Crippen molar-refractivity contribution in [2.45, 2.75) is 39.4 Å². The molecule has 0 saturated carbocycles. The summed E-state index contributed by atoms with van der Waals surface area (Å²) in [7, 11) is 0. The molecule has 0 bridgehead atoms. The van der Waals surface area contributed by atoms with Crippen LogP contribution in [0, 0.1) is 0 Å². The molecule has 0 aliphatic heterocycles. The van der Waals surface area contributed by atoms with Crippen molar-refractivity contribution in [1.29, 1.82) is 0 Å². The minimum atomic E-state index is -0.941. The fourth-order valence-corrected chi connectivity index (χ4v) is 3.24. The monoisotopic (exact) mass is 390 g/mol. The van der Waals surface area contributed by atoms with Gasteiger partial charge in [0.2, 0.25) is 0 Å². The molecule has 0 aromatic heterocycles. The Morgan fingerprint density at radius 3 is 2.17 bits per heavy atom. The van der Waals surface area contributed by atoms with E-state index in [0.29, 0.717) is 18.7 Å². The van der Waals surface area contributed by atoms with Crippen molar-refractivity contribution in [2.24, 2.45) is 0 Å². The summed E-state index contributed by atoms with van der Waals surface area (Å²) < 4.78 is 0. The zero-order chi connectivity index (χ0) is 21.0. The van der Waals surface area contributed by atoms with Gasteiger partial charge in [0.15, 0.2) is 0 Å². The second-order valence-corrected chi connectivity index (χ2v) is 8.07. The van der Waals surface area contributed by atoms with E-state index >= 15 is 0 Å². The van der Waals surface area contributed by atoms with Gasteiger partial charge in [-0.25, -0.2) is 4.79 Å². The quantitative estimate of drug-likeness (QED) is 0.641. The largest absolute Gasteiger partial charge is 0.465 e. The summed E-state index contributed by atoms with van der Waals surface area (Å²) in [5, 5.41) is 14.4. The van der Waals surface area contributed by atoms with E-state index in [1.807, 2.05) is 87.5 Å². The molecule has 2 N–H and O–H groups in total. The van der Waals surface area contributed by atoms with E-state index in [2.05, 4.69) is 5.32 Å². The lowest BCUT2D eigenvalue weighted by atomic mass is 10.0. The van der Waals surface area contributed by atoms with Crippen LogP contribution in [0.15, 0.2) is 66.7 Å². The summed E-state index contributed by atoms with van der Waals surface area (Å²) in [4.78, 5) is 25.6. The highest BCUT2D eigenvalue weighted by atomic mass is 16.4. The summed E-state index contributed by atoms with van der Waals surface area (Å²) in [5.41, 5.74) is 2.05. The Labute approximate surface area is 171 Å². The highest BCUT2D eigenvalue weighted by molar-refractivity contribution is 6.06. The molecule has 2 amide bonds. The molecule has 0 unspecified atom stereocenters. The van der Waals surface area contributed by atoms with Crippen LogP contribution in [0.25, 0.3) is 10.8 Å². The van der Waals surface area contributed by atoms with Gasteiger partial charge in [-0.3, -0.25) is 9.69 Å². The average Bonchev–Trinajstić information content (AvgIpc) is 2.69. The first-order valence-electron chi connectivity index (χ1n) is 9.60. The molecule has 150 valence electrons. The van der Waals surface area contributed by atoms with E-state index in [-0.39, 0.29) is 5.91 Å². The molecule has 0 aliphatic rings. The molecule has 0 saturated heterocycles. The summed E-state index contributed by atoms with van der Waals surface area (Å²) in [5.74, 6) is -0.115. The number of carbonyl (C=O) groups is 2. The van der Waals surface area contributed by atoms with Crippen LogP contribution in [-0.4, -0.2) is 27.5 Å². The predicted molar refractivity (Wildman–Crippen MR) is 115 cm³/mol. The average molecular weight is 390 g/mol. The van der Waals surface area contributed by atoms with Gasteiger partial charge in [-0.15, -0.1) is 0 Å². The SMILES string of the molecule is CC(C)(C)N(Cc1ccc(CNC(=O)c2cccc3ccccc23)cc1)C(=O)O. The fraction of sp³-hybridized carbons (Fsp3) is 0.250. The molecule has 0 atom stereocenters. The first-order chi connectivity index (χ1) is 13.8. The molecule has 29 heavy (non-hydrogen) atoms. The minimum absolute atomic E-state index is 0.115. The second kappa shape index (κ2) is 8.35. The molecule has 0 radical (unpaired) electrons. The number of rotatable bonds is 5. The molecule has 0 aliphatic carbocycles. The molecule has 0 fully saturated rings. The standard InChI is InChI=1S/C24H26N2O3/c1-24(2,3)26(23(28)29)16-18-13-11-17(12-14-18)15-25-22(27)21-10-6-8-19-7-4-5-9-20(19)21/h4-14H,15-16H2,1-3H3,(H,25,27)(H,28,29). The van der Waals surface area contributed by atoms with Gasteiger partial charge in [-0.05, 0) is 48.7 Å². The molecule has 0 spiro atoms. The van der Waals surface area contributed by atoms with Crippen molar-refractivity contribution in [3.8, 4) is 0 Å². The Bertz CT molecular complexity index is 1010. The fourth-order valence-electron chi connectivity index (χ4n) is 3.24. The van der Waals surface area contributed by atoms with Crippen LogP contribution >= 0.6 is 0 Å². The highest BCUT2D eigenvalue weighted by Gasteiger charge is 2.25. The Balaban J connectivity index is 1.66. The second-order valence-electron chi connectivity index (χ2n) is 8.07. The number of carboxylic acid groups (broad SMARTS) is 1. The zero-order valence-electron chi connectivity index (χ0n) is 17.0. The zero-order valence-corrected chi connectivity index (χ0v) is 17.0. The Hall–Kier alpha value is -3.34. The normalized spacial score (nSPS) is 11.3. The van der Waals surface area contributed by atoms with Gasteiger partial charge in [0, 0.05) is 24.2 Å². The van der Waals surface area contributed by atoms with Crippen LogP contribution in [0.3, 0.4) is 0 Å². The van der Waals surface area contributed by atoms with Crippen molar-refractivity contribution in [1.82, 2.24) is 10.2 Å². The molecule has 5 heteroatoms. The number of nitrogens with one attached hydrogen (secondary N) is 1. The van der Waals surface area contributed by atoms with Gasteiger partial charge in [-0.2, -0.15) is 0 Å². The lowest BCUT2D eigenvalue weighted by Gasteiger charge is -2.33. The number of hydrogen-bond acceptors (Lipinski definition) is 2. The van der Waals surface area contributed by atoms with Crippen molar-refractivity contribution in [3.63, 3.8) is 0 Å². The first kappa shape index (κ1) is 20.4. The lowest BCUT2D eigenvalue weighted by molar-refractivity contribution is 0.0943. The van der Waals surface area contributed by atoms with E-state index in [1.54, 1.807) is 0 Å². The molecule has 3 aromatic carbocycles. The van der Waals surface area contributed by atoms with Crippen molar-refractivity contribution < 1.29 is 14.7 Å². The number of fused-ring (bicyclic) bond motifs is 1. The van der Waals surface area contributed by atoms with E-state index in [1.165, 1.54) is 4.90 Å². The number of hydrogen-bond donors (Lipinski definition) is 2. The van der Waals surface area contributed by atoms with E-state index in [9.17, 15) is 14.7 Å². The van der Waals surface area contributed by atoms with Crippen molar-refractivity contribution >= 4 is 22.8 Å². The Kier molecular flexibility index (Phi) is 5.87. The van der Waals surface area contributed by atoms with Crippen molar-refractivity contribution in [2.75, 3.05) is 0 Å². The summed E-state index contributed by atoms with van der Waals surface area (Å²) in [6.45, 7) is 6.35. The van der Waals surface area contributed by atoms with Crippen LogP contribution in [0.5, 0.6) is 0 Å². The third-order valence-corrected chi connectivity index (χ3v) is 4.89. The van der Waals surface area contributed by atoms with Crippen LogP contribution in [0.4, 0.5) is 4.79 Å². The van der Waals surface area contributed by atoms with Crippen LogP contribution in [-0.2, 0) is 13.1 Å². The smallest absolute Gasteiger partial charge is 0.408 e. The first-order valence-corrected chi connectivity index (χ1v) is 9.60. The lowest BCUT2D eigenvalue weighted by Crippen LogP contribution is -2.44. The molecule has 5 nitrogen and oxygen atoms in total. The third-order valence-electron chi connectivity index (χ3n) is 4.89. The minimum Gasteiger partial charge on any atom is -0.465 e. The van der Waals surface area contributed by atoms with E-state index in [0.717, 1.165) is 21.9 Å². The van der Waals surface area contributed by atoms with Crippen LogP contribution in [0.2, 0.25) is 0 Å². The van der Waals surface area contributed by atoms with Crippen LogP contribution < -0.4 is 5.32 Å². The van der Waals surface area contributed by atoms with Gasteiger partial charge in [0.25, 0.3) is 5.91 Å². The molecule has 3 rings (SSSR count). The van der Waals surface area contributed by atoms with Gasteiger partial charge in [-0.1, -0.05) is 60.7 Å². The van der Waals surface area contributed by atoms with Crippen LogP contribution in [0.1, 0.15) is 42.3 Å². The molecular weight excluding hydrogens is 364 g/mol. The topological polar surface area (TPSA) is 69.6 Å². The predicted octanol–water partition coefficient (Wildman–Crippen LogP) is 5.05. The van der Waals surface area contributed by atoms with E-state index in [4.69, 9.17) is 0 Å². The summed E-state index contributed by atoms with van der Waals surface area (Å²) in [6.07, 6.45) is -0.941. The third kappa shape index (κ3) is 4.93. The maximum absolute atomic E-state index is 12.6. The Morgan fingerprint density at radius 1 is 0.897 bits per heavy atom. The molecule has 3 aromatic rings. The number of amides is 2.